The highest BCUT2D eigenvalue weighted by molar-refractivity contribution is 6.06. The number of para-hydroxylation sites is 2. The number of fused-ring (bicyclic) bond motifs is 15. The lowest BCUT2D eigenvalue weighted by Gasteiger charge is -2.40. The molecule has 12 rings (SSSR count). The Morgan fingerprint density at radius 2 is 0.879 bits per heavy atom. The van der Waals surface area contributed by atoms with Crippen LogP contribution in [0.3, 0.4) is 0 Å². The first-order chi connectivity index (χ1) is 27.0. The van der Waals surface area contributed by atoms with Crippen LogP contribution in [0.1, 0.15) is 69.5 Å². The highest BCUT2D eigenvalue weighted by Gasteiger charge is 2.51. The van der Waals surface area contributed by atoms with Gasteiger partial charge in [-0.05, 0) is 87.0 Å². The number of hydrogen-bond acceptors (Lipinski definition) is 3. The topological polar surface area (TPSA) is 25.6 Å². The lowest BCUT2D eigenvalue weighted by atomic mass is 9.66. The first kappa shape index (κ1) is 36.8. The molecule has 284 valence electrons. The van der Waals surface area contributed by atoms with Crippen molar-refractivity contribution in [2.45, 2.75) is 47.0 Å². The summed E-state index contributed by atoms with van der Waals surface area (Å²) >= 11 is 0. The van der Waals surface area contributed by atoms with Gasteiger partial charge in [-0.2, -0.15) is 0 Å². The van der Waals surface area contributed by atoms with Crippen LogP contribution in [0.5, 0.6) is 11.5 Å². The van der Waals surface area contributed by atoms with Crippen molar-refractivity contribution in [3.63, 3.8) is 0 Å². The summed E-state index contributed by atoms with van der Waals surface area (Å²) in [4.78, 5) is 2.36. The van der Waals surface area contributed by atoms with Crippen LogP contribution < -0.4 is 9.64 Å². The van der Waals surface area contributed by atoms with E-state index in [1.54, 1.807) is 0 Å². The van der Waals surface area contributed by atoms with E-state index in [1.165, 1.54) is 50.1 Å². The number of hydrogen-bond donors (Lipinski definition) is 0. The van der Waals surface area contributed by atoms with Gasteiger partial charge in [-0.15, -0.1) is 0 Å². The highest BCUT2D eigenvalue weighted by atomic mass is 16.5. The second kappa shape index (κ2) is 13.1. The van der Waals surface area contributed by atoms with Gasteiger partial charge < -0.3 is 14.1 Å². The molecule has 1 aliphatic heterocycles. The zero-order valence-corrected chi connectivity index (χ0v) is 30.5. The van der Waals surface area contributed by atoms with Crippen LogP contribution in [-0.2, 0) is 10.8 Å². The minimum absolute atomic E-state index is 0. The molecule has 2 heterocycles. The van der Waals surface area contributed by atoms with Crippen LogP contribution in [0.15, 0.2) is 180 Å². The molecule has 1 spiro atoms. The third-order valence-electron chi connectivity index (χ3n) is 12.5. The Kier molecular flexibility index (Phi) is 8.31. The molecule has 0 unspecified atom stereocenters. The Labute approximate surface area is 341 Å². The minimum atomic E-state index is -0.517. The maximum absolute atomic E-state index is 6.97. The van der Waals surface area contributed by atoms with Crippen LogP contribution in [0.25, 0.3) is 44.2 Å². The van der Waals surface area contributed by atoms with Crippen molar-refractivity contribution in [1.82, 2.24) is 0 Å². The maximum Gasteiger partial charge on any atom is 0.137 e. The van der Waals surface area contributed by atoms with Gasteiger partial charge in [0.05, 0.1) is 5.41 Å². The standard InChI is InChI=1S/C52H35NO2.3CH4/c1-51(2)41-17-7-3-13-35(41)38-26-23-32(29-46(38)51)53(33-24-27-40-39-16-6-11-21-47(39)54-49(40)30-33)34-25-28-45-50(31-34)55-48-22-12-10-20-44(48)52(45)42-18-8-4-14-36(42)37-15-5-9-19-43(37)52;;;/h3-31H,1-2H3;3*1H4. The van der Waals surface area contributed by atoms with Crippen molar-refractivity contribution in [2.75, 3.05) is 4.90 Å². The van der Waals surface area contributed by atoms with Crippen LogP contribution in [0.2, 0.25) is 0 Å². The third kappa shape index (κ3) is 4.74. The van der Waals surface area contributed by atoms with E-state index in [0.29, 0.717) is 0 Å². The molecule has 0 saturated heterocycles. The number of rotatable bonds is 3. The van der Waals surface area contributed by atoms with Crippen molar-refractivity contribution in [3.05, 3.63) is 209 Å². The molecule has 0 saturated carbocycles. The molecule has 3 heteroatoms. The Morgan fingerprint density at radius 1 is 0.379 bits per heavy atom. The molecule has 9 aromatic rings. The van der Waals surface area contributed by atoms with Gasteiger partial charge in [-0.3, -0.25) is 0 Å². The average molecular weight is 754 g/mol. The van der Waals surface area contributed by atoms with E-state index in [9.17, 15) is 0 Å². The second-order valence-electron chi connectivity index (χ2n) is 15.6. The van der Waals surface area contributed by atoms with E-state index in [2.05, 4.69) is 183 Å². The SMILES string of the molecule is C.C.C.CC1(C)c2ccccc2-c2ccc(N(c3ccc4c(c3)Oc3ccccc3C43c4ccccc4-c4ccccc43)c3ccc4c(c3)oc3ccccc34)cc21. The summed E-state index contributed by atoms with van der Waals surface area (Å²) in [7, 11) is 0. The Balaban J connectivity index is 0.00000145. The van der Waals surface area contributed by atoms with Gasteiger partial charge in [-0.1, -0.05) is 157 Å². The fourth-order valence-electron chi connectivity index (χ4n) is 10.1. The largest absolute Gasteiger partial charge is 0.457 e. The zero-order chi connectivity index (χ0) is 36.5. The molecular formula is C55H47NO2. The van der Waals surface area contributed by atoms with E-state index >= 15 is 0 Å². The van der Waals surface area contributed by atoms with Crippen LogP contribution >= 0.6 is 0 Å². The van der Waals surface area contributed by atoms with Gasteiger partial charge in [0.1, 0.15) is 22.7 Å². The lowest BCUT2D eigenvalue weighted by molar-refractivity contribution is 0.436. The molecule has 0 N–H and O–H groups in total. The average Bonchev–Trinajstić information content (AvgIpc) is 3.82. The van der Waals surface area contributed by atoms with E-state index in [1.807, 2.05) is 12.1 Å². The molecule has 8 aromatic carbocycles. The van der Waals surface area contributed by atoms with Gasteiger partial charge in [0.2, 0.25) is 0 Å². The van der Waals surface area contributed by atoms with E-state index < -0.39 is 5.41 Å². The number of ether oxygens (including phenoxy) is 1. The fourth-order valence-corrected chi connectivity index (χ4v) is 10.1. The summed E-state index contributed by atoms with van der Waals surface area (Å²) in [5.74, 6) is 1.73. The summed E-state index contributed by atoms with van der Waals surface area (Å²) < 4.78 is 13.4. The Morgan fingerprint density at radius 3 is 1.62 bits per heavy atom. The molecule has 0 amide bonds. The Hall–Kier alpha value is -6.84. The second-order valence-corrected chi connectivity index (χ2v) is 15.6. The van der Waals surface area contributed by atoms with Gasteiger partial charge >= 0.3 is 0 Å². The summed E-state index contributed by atoms with van der Waals surface area (Å²) in [6.45, 7) is 4.68. The predicted molar refractivity (Wildman–Crippen MR) is 244 cm³/mol. The highest BCUT2D eigenvalue weighted by Crippen LogP contribution is 2.62. The van der Waals surface area contributed by atoms with E-state index in [4.69, 9.17) is 9.15 Å². The van der Waals surface area contributed by atoms with Gasteiger partial charge in [0.15, 0.2) is 0 Å². The number of furan rings is 1. The summed E-state index contributed by atoms with van der Waals surface area (Å²) in [5.41, 5.74) is 16.9. The minimum Gasteiger partial charge on any atom is -0.457 e. The first-order valence-corrected chi connectivity index (χ1v) is 19.1. The fraction of sp³-hybridized carbons (Fsp3) is 0.127. The lowest BCUT2D eigenvalue weighted by Crippen LogP contribution is -2.32. The molecule has 3 aliphatic rings. The van der Waals surface area contributed by atoms with Gasteiger partial charge in [0, 0.05) is 56.5 Å². The molecule has 1 aromatic heterocycles. The monoisotopic (exact) mass is 753 g/mol. The van der Waals surface area contributed by atoms with Crippen LogP contribution in [-0.4, -0.2) is 0 Å². The molecule has 0 bridgehead atoms. The number of anilines is 3. The molecule has 0 radical (unpaired) electrons. The van der Waals surface area contributed by atoms with Crippen molar-refractivity contribution >= 4 is 39.0 Å². The maximum atomic E-state index is 6.97. The smallest absolute Gasteiger partial charge is 0.137 e. The van der Waals surface area contributed by atoms with Crippen molar-refractivity contribution in [2.24, 2.45) is 0 Å². The predicted octanol–water partition coefficient (Wildman–Crippen LogP) is 15.7. The van der Waals surface area contributed by atoms with Crippen LogP contribution in [0, 0.1) is 0 Å². The molecule has 2 aliphatic carbocycles. The summed E-state index contributed by atoms with van der Waals surface area (Å²) in [6, 6.07) is 63.8. The molecule has 3 nitrogen and oxygen atoms in total. The zero-order valence-electron chi connectivity index (χ0n) is 30.5. The number of benzene rings is 8. The van der Waals surface area contributed by atoms with E-state index in [0.717, 1.165) is 56.1 Å². The summed E-state index contributed by atoms with van der Waals surface area (Å²) in [5, 5.41) is 2.23. The normalized spacial score (nSPS) is 14.0. The van der Waals surface area contributed by atoms with E-state index in [-0.39, 0.29) is 27.7 Å². The van der Waals surface area contributed by atoms with Crippen molar-refractivity contribution in [3.8, 4) is 33.8 Å². The van der Waals surface area contributed by atoms with Crippen LogP contribution in [0.4, 0.5) is 17.1 Å². The summed E-state index contributed by atoms with van der Waals surface area (Å²) in [6.07, 6.45) is 0. The Bertz CT molecular complexity index is 3030. The quantitative estimate of drug-likeness (QED) is 0.180. The number of nitrogens with zero attached hydrogens (tertiary/aromatic N) is 1. The van der Waals surface area contributed by atoms with Gasteiger partial charge in [-0.25, -0.2) is 0 Å². The molecular weight excluding hydrogens is 707 g/mol. The molecule has 0 fully saturated rings. The van der Waals surface area contributed by atoms with Crippen molar-refractivity contribution in [1.29, 1.82) is 0 Å². The first-order valence-electron chi connectivity index (χ1n) is 19.1. The molecule has 0 atom stereocenters. The van der Waals surface area contributed by atoms with Gasteiger partial charge in [0.25, 0.3) is 0 Å². The third-order valence-corrected chi connectivity index (χ3v) is 12.5. The van der Waals surface area contributed by atoms with Crippen molar-refractivity contribution < 1.29 is 9.15 Å². The molecule has 58 heavy (non-hydrogen) atoms.